The van der Waals surface area contributed by atoms with E-state index in [4.69, 9.17) is 5.73 Å². The summed E-state index contributed by atoms with van der Waals surface area (Å²) in [6.45, 7) is 2.22. The van der Waals surface area contributed by atoms with Gasteiger partial charge in [-0.25, -0.2) is 0 Å². The molecule has 0 bridgehead atoms. The minimum Gasteiger partial charge on any atom is -0.396 e. The summed E-state index contributed by atoms with van der Waals surface area (Å²) in [6.07, 6.45) is 7.38. The van der Waals surface area contributed by atoms with Crippen molar-refractivity contribution in [3.05, 3.63) is 18.5 Å². The first kappa shape index (κ1) is 11.6. The van der Waals surface area contributed by atoms with Gasteiger partial charge in [0.15, 0.2) is 0 Å². The lowest BCUT2D eigenvalue weighted by Crippen LogP contribution is -2.26. The Kier molecular flexibility index (Phi) is 3.93. The van der Waals surface area contributed by atoms with Crippen LogP contribution < -0.4 is 11.1 Å². The van der Waals surface area contributed by atoms with Crippen molar-refractivity contribution in [1.82, 2.24) is 4.98 Å². The molecule has 1 aromatic rings. The first-order chi connectivity index (χ1) is 7.81. The van der Waals surface area contributed by atoms with E-state index in [0.717, 1.165) is 16.6 Å². The molecular weight excluding hydrogens is 218 g/mol. The van der Waals surface area contributed by atoms with Gasteiger partial charge < -0.3 is 11.1 Å². The van der Waals surface area contributed by atoms with E-state index in [9.17, 15) is 0 Å². The van der Waals surface area contributed by atoms with E-state index in [1.165, 1.54) is 25.0 Å². The third-order valence-corrected chi connectivity index (χ3v) is 4.35. The largest absolute Gasteiger partial charge is 0.396 e. The smallest absolute Gasteiger partial charge is 0.0736 e. The number of nitrogen functional groups attached to an aromatic ring is 1. The van der Waals surface area contributed by atoms with Gasteiger partial charge >= 0.3 is 0 Å². The fraction of sp³-hybridized carbons (Fsp3) is 0.583. The summed E-state index contributed by atoms with van der Waals surface area (Å²) in [7, 11) is 0. The molecule has 1 heterocycles. The normalized spacial score (nSPS) is 24.6. The molecule has 4 heteroatoms. The summed E-state index contributed by atoms with van der Waals surface area (Å²) in [5, 5.41) is 4.29. The molecule has 0 spiro atoms. The van der Waals surface area contributed by atoms with Crippen LogP contribution in [0.1, 0.15) is 26.2 Å². The Hall–Kier alpha value is -0.900. The third-order valence-electron chi connectivity index (χ3n) is 3.03. The molecule has 0 aliphatic heterocycles. The van der Waals surface area contributed by atoms with Crippen molar-refractivity contribution in [1.29, 1.82) is 0 Å². The maximum Gasteiger partial charge on any atom is 0.0736 e. The minimum atomic E-state index is 0.564. The molecule has 0 aromatic carbocycles. The summed E-state index contributed by atoms with van der Waals surface area (Å²) in [5.41, 5.74) is 7.66. The predicted molar refractivity (Wildman–Crippen MR) is 71.8 cm³/mol. The van der Waals surface area contributed by atoms with Crippen LogP contribution in [0, 0.1) is 0 Å². The van der Waals surface area contributed by atoms with Gasteiger partial charge in [0.2, 0.25) is 0 Å². The van der Waals surface area contributed by atoms with Crippen LogP contribution >= 0.6 is 11.8 Å². The van der Waals surface area contributed by atoms with E-state index in [-0.39, 0.29) is 0 Å². The standard InChI is InChI=1S/C12H19N3S/c1-2-16-12-5-3-4-11(12)15-10-6-7-14-8-9(10)13/h6-8,11-12H,2-5,13H2,1H3,(H,14,15). The number of aromatic nitrogens is 1. The van der Waals surface area contributed by atoms with Crippen molar-refractivity contribution < 1.29 is 0 Å². The highest BCUT2D eigenvalue weighted by atomic mass is 32.2. The summed E-state index contributed by atoms with van der Waals surface area (Å²) in [5.74, 6) is 1.19. The van der Waals surface area contributed by atoms with Gasteiger partial charge in [-0.15, -0.1) is 0 Å². The summed E-state index contributed by atoms with van der Waals surface area (Å²) in [4.78, 5) is 4.00. The zero-order chi connectivity index (χ0) is 11.4. The molecule has 1 aliphatic rings. The summed E-state index contributed by atoms with van der Waals surface area (Å²) < 4.78 is 0. The molecule has 2 unspecified atom stereocenters. The quantitative estimate of drug-likeness (QED) is 0.845. The number of anilines is 2. The molecular formula is C12H19N3S. The van der Waals surface area contributed by atoms with Gasteiger partial charge in [-0.05, 0) is 24.7 Å². The molecule has 0 amide bonds. The van der Waals surface area contributed by atoms with Crippen LogP contribution in [0.3, 0.4) is 0 Å². The highest BCUT2D eigenvalue weighted by molar-refractivity contribution is 7.99. The lowest BCUT2D eigenvalue weighted by atomic mass is 10.2. The Morgan fingerprint density at radius 2 is 2.44 bits per heavy atom. The predicted octanol–water partition coefficient (Wildman–Crippen LogP) is 2.75. The number of nitrogens with one attached hydrogen (secondary N) is 1. The number of hydrogen-bond acceptors (Lipinski definition) is 4. The van der Waals surface area contributed by atoms with Crippen LogP contribution in [0.25, 0.3) is 0 Å². The lowest BCUT2D eigenvalue weighted by molar-refractivity contribution is 0.768. The molecule has 1 aromatic heterocycles. The average molecular weight is 237 g/mol. The molecule has 3 nitrogen and oxygen atoms in total. The number of thioether (sulfide) groups is 1. The number of pyridine rings is 1. The molecule has 88 valence electrons. The number of nitrogens with zero attached hydrogens (tertiary/aromatic N) is 1. The number of nitrogens with two attached hydrogens (primary N) is 1. The number of hydrogen-bond donors (Lipinski definition) is 2. The molecule has 1 aliphatic carbocycles. The lowest BCUT2D eigenvalue weighted by Gasteiger charge is -2.21. The van der Waals surface area contributed by atoms with Crippen LogP contribution in [-0.2, 0) is 0 Å². The average Bonchev–Trinajstić information content (AvgIpc) is 2.70. The zero-order valence-electron chi connectivity index (χ0n) is 9.65. The second-order valence-electron chi connectivity index (χ2n) is 4.14. The monoisotopic (exact) mass is 237 g/mol. The van der Waals surface area contributed by atoms with E-state index in [1.807, 2.05) is 6.07 Å². The molecule has 2 atom stereocenters. The second-order valence-corrected chi connectivity index (χ2v) is 5.65. The Balaban J connectivity index is 2.01. The van der Waals surface area contributed by atoms with Crippen LogP contribution in [0.5, 0.6) is 0 Å². The third kappa shape index (κ3) is 2.61. The van der Waals surface area contributed by atoms with E-state index in [0.29, 0.717) is 6.04 Å². The fourth-order valence-corrected chi connectivity index (χ4v) is 3.44. The summed E-state index contributed by atoms with van der Waals surface area (Å²) >= 11 is 2.05. The molecule has 3 N–H and O–H groups in total. The van der Waals surface area contributed by atoms with Gasteiger partial charge in [0.1, 0.15) is 0 Å². The SMILES string of the molecule is CCSC1CCCC1Nc1ccncc1N. The van der Waals surface area contributed by atoms with E-state index < -0.39 is 0 Å². The van der Waals surface area contributed by atoms with Gasteiger partial charge in [0.05, 0.1) is 17.6 Å². The van der Waals surface area contributed by atoms with Gasteiger partial charge in [-0.3, -0.25) is 4.98 Å². The van der Waals surface area contributed by atoms with Crippen LogP contribution in [0.2, 0.25) is 0 Å². The topological polar surface area (TPSA) is 50.9 Å². The Labute approximate surface area is 101 Å². The van der Waals surface area contributed by atoms with Crippen molar-refractivity contribution in [3.8, 4) is 0 Å². The van der Waals surface area contributed by atoms with E-state index in [2.05, 4.69) is 29.0 Å². The zero-order valence-corrected chi connectivity index (χ0v) is 10.5. The van der Waals surface area contributed by atoms with E-state index >= 15 is 0 Å². The highest BCUT2D eigenvalue weighted by Crippen LogP contribution is 2.32. The van der Waals surface area contributed by atoms with Crippen LogP contribution in [-0.4, -0.2) is 22.0 Å². The second kappa shape index (κ2) is 5.43. The van der Waals surface area contributed by atoms with Gasteiger partial charge in [0, 0.05) is 17.5 Å². The maximum atomic E-state index is 5.89. The van der Waals surface area contributed by atoms with Crippen molar-refractivity contribution in [2.75, 3.05) is 16.8 Å². The molecule has 2 rings (SSSR count). The molecule has 1 saturated carbocycles. The molecule has 1 fully saturated rings. The van der Waals surface area contributed by atoms with Crippen molar-refractivity contribution in [3.63, 3.8) is 0 Å². The van der Waals surface area contributed by atoms with Crippen LogP contribution in [0.4, 0.5) is 11.4 Å². The Bertz CT molecular complexity index is 343. The van der Waals surface area contributed by atoms with Crippen molar-refractivity contribution in [2.24, 2.45) is 0 Å². The van der Waals surface area contributed by atoms with Crippen molar-refractivity contribution in [2.45, 2.75) is 37.5 Å². The Morgan fingerprint density at radius 3 is 3.19 bits per heavy atom. The fourth-order valence-electron chi connectivity index (χ4n) is 2.24. The van der Waals surface area contributed by atoms with Crippen molar-refractivity contribution >= 4 is 23.1 Å². The summed E-state index contributed by atoms with van der Waals surface area (Å²) in [6, 6.07) is 2.52. The molecule has 0 saturated heterocycles. The highest BCUT2D eigenvalue weighted by Gasteiger charge is 2.27. The van der Waals surface area contributed by atoms with Gasteiger partial charge in [-0.2, -0.15) is 11.8 Å². The maximum absolute atomic E-state index is 5.89. The molecule has 0 radical (unpaired) electrons. The van der Waals surface area contributed by atoms with Gasteiger partial charge in [-0.1, -0.05) is 13.3 Å². The van der Waals surface area contributed by atoms with Gasteiger partial charge in [0.25, 0.3) is 0 Å². The minimum absolute atomic E-state index is 0.564. The molecule has 16 heavy (non-hydrogen) atoms. The number of rotatable bonds is 4. The first-order valence-electron chi connectivity index (χ1n) is 5.89. The first-order valence-corrected chi connectivity index (χ1v) is 6.93. The van der Waals surface area contributed by atoms with E-state index in [1.54, 1.807) is 12.4 Å². The Morgan fingerprint density at radius 1 is 1.56 bits per heavy atom. The van der Waals surface area contributed by atoms with Crippen LogP contribution in [0.15, 0.2) is 18.5 Å².